The Morgan fingerprint density at radius 1 is 1.05 bits per heavy atom. The van der Waals surface area contributed by atoms with Crippen LogP contribution in [0.4, 0.5) is 0 Å². The standard InChI is InChI=1S/C22H24/c1-2-14-22(15-4-3-5-16-22)20-13-12-18-9-6-8-17-10-7-11-19(20)21(17)18/h2,6-9,11-13H,1,3-5,10,14-16H2. The summed E-state index contributed by atoms with van der Waals surface area (Å²) in [4.78, 5) is 0. The first-order valence-electron chi connectivity index (χ1n) is 8.67. The van der Waals surface area contributed by atoms with E-state index in [1.165, 1.54) is 54.0 Å². The number of hydrogen-bond donors (Lipinski definition) is 0. The van der Waals surface area contributed by atoms with Gasteiger partial charge >= 0.3 is 0 Å². The Hall–Kier alpha value is -1.82. The van der Waals surface area contributed by atoms with E-state index in [1.807, 2.05) is 0 Å². The van der Waals surface area contributed by atoms with Crippen molar-refractivity contribution in [2.45, 2.75) is 50.4 Å². The van der Waals surface area contributed by atoms with Gasteiger partial charge in [-0.2, -0.15) is 0 Å². The predicted octanol–water partition coefficient (Wildman–Crippen LogP) is 6.19. The van der Waals surface area contributed by atoms with Crippen LogP contribution >= 0.6 is 0 Å². The second kappa shape index (κ2) is 5.43. The molecule has 0 nitrogen and oxygen atoms in total. The Labute approximate surface area is 133 Å². The molecular formula is C22H24. The van der Waals surface area contributed by atoms with Crippen LogP contribution in [0.2, 0.25) is 0 Å². The summed E-state index contributed by atoms with van der Waals surface area (Å²) in [5, 5.41) is 2.89. The molecule has 0 unspecified atom stereocenters. The van der Waals surface area contributed by atoms with E-state index >= 15 is 0 Å². The van der Waals surface area contributed by atoms with Gasteiger partial charge in [0.15, 0.2) is 0 Å². The van der Waals surface area contributed by atoms with Crippen LogP contribution in [0, 0.1) is 0 Å². The first-order valence-corrected chi connectivity index (χ1v) is 8.67. The van der Waals surface area contributed by atoms with E-state index < -0.39 is 0 Å². The average Bonchev–Trinajstić information content (AvgIpc) is 2.57. The number of rotatable bonds is 3. The first kappa shape index (κ1) is 13.8. The molecule has 0 heterocycles. The fourth-order valence-electron chi connectivity index (χ4n) is 4.68. The summed E-state index contributed by atoms with van der Waals surface area (Å²) >= 11 is 0. The molecule has 22 heavy (non-hydrogen) atoms. The Kier molecular flexibility index (Phi) is 3.41. The van der Waals surface area contributed by atoms with Crippen molar-refractivity contribution in [1.82, 2.24) is 0 Å². The van der Waals surface area contributed by atoms with Gasteiger partial charge in [-0.05, 0) is 58.6 Å². The van der Waals surface area contributed by atoms with Gasteiger partial charge in [-0.15, -0.1) is 6.58 Å². The van der Waals surface area contributed by atoms with Crippen molar-refractivity contribution in [2.24, 2.45) is 0 Å². The molecule has 2 aromatic carbocycles. The van der Waals surface area contributed by atoms with E-state index in [0.29, 0.717) is 5.41 Å². The minimum absolute atomic E-state index is 0.318. The van der Waals surface area contributed by atoms with Crippen molar-refractivity contribution in [3.05, 3.63) is 65.8 Å². The van der Waals surface area contributed by atoms with E-state index in [1.54, 1.807) is 5.56 Å². The quantitative estimate of drug-likeness (QED) is 0.591. The molecule has 2 aromatic rings. The Morgan fingerprint density at radius 3 is 2.73 bits per heavy atom. The van der Waals surface area contributed by atoms with Crippen molar-refractivity contribution < 1.29 is 0 Å². The molecule has 1 saturated carbocycles. The molecule has 0 atom stereocenters. The maximum Gasteiger partial charge on any atom is -0.000650 e. The predicted molar refractivity (Wildman–Crippen MR) is 96.3 cm³/mol. The van der Waals surface area contributed by atoms with Gasteiger partial charge in [0.05, 0.1) is 0 Å². The fourth-order valence-corrected chi connectivity index (χ4v) is 4.68. The Balaban J connectivity index is 1.97. The van der Waals surface area contributed by atoms with Gasteiger partial charge in [0.2, 0.25) is 0 Å². The topological polar surface area (TPSA) is 0 Å². The highest BCUT2D eigenvalue weighted by atomic mass is 14.4. The number of allylic oxidation sites excluding steroid dienone is 2. The molecule has 0 heteroatoms. The Bertz CT molecular complexity index is 742. The Morgan fingerprint density at radius 2 is 1.91 bits per heavy atom. The zero-order valence-corrected chi connectivity index (χ0v) is 13.3. The third kappa shape index (κ3) is 2.05. The van der Waals surface area contributed by atoms with Crippen LogP contribution in [0.3, 0.4) is 0 Å². The van der Waals surface area contributed by atoms with Crippen LogP contribution in [0.25, 0.3) is 16.8 Å². The van der Waals surface area contributed by atoms with Crippen molar-refractivity contribution in [3.8, 4) is 0 Å². The lowest BCUT2D eigenvalue weighted by Crippen LogP contribution is -2.29. The summed E-state index contributed by atoms with van der Waals surface area (Å²) in [5.74, 6) is 0. The van der Waals surface area contributed by atoms with E-state index in [4.69, 9.17) is 0 Å². The smallest absolute Gasteiger partial charge is 0.000650 e. The largest absolute Gasteiger partial charge is 0.103 e. The van der Waals surface area contributed by atoms with Gasteiger partial charge in [0, 0.05) is 0 Å². The summed E-state index contributed by atoms with van der Waals surface area (Å²) in [6.45, 7) is 4.06. The maximum absolute atomic E-state index is 4.06. The van der Waals surface area contributed by atoms with Crippen LogP contribution in [-0.4, -0.2) is 0 Å². The zero-order valence-electron chi connectivity index (χ0n) is 13.3. The molecule has 4 rings (SSSR count). The third-order valence-electron chi connectivity index (χ3n) is 5.71. The summed E-state index contributed by atoms with van der Waals surface area (Å²) in [7, 11) is 0. The zero-order chi connectivity index (χ0) is 15.0. The lowest BCUT2D eigenvalue weighted by molar-refractivity contribution is 0.295. The maximum atomic E-state index is 4.06. The highest BCUT2D eigenvalue weighted by molar-refractivity contribution is 5.96. The molecule has 0 saturated heterocycles. The lowest BCUT2D eigenvalue weighted by atomic mass is 9.65. The molecule has 0 aromatic heterocycles. The average molecular weight is 288 g/mol. The first-order chi connectivity index (χ1) is 10.8. The van der Waals surface area contributed by atoms with Crippen LogP contribution < -0.4 is 0 Å². The highest BCUT2D eigenvalue weighted by Crippen LogP contribution is 2.46. The molecule has 0 bridgehead atoms. The normalized spacial score (nSPS) is 19.3. The molecule has 0 spiro atoms. The summed E-state index contributed by atoms with van der Waals surface area (Å²) in [5.41, 5.74) is 4.87. The summed E-state index contributed by atoms with van der Waals surface area (Å²) in [6.07, 6.45) is 15.8. The van der Waals surface area contributed by atoms with Gasteiger partial charge in [-0.25, -0.2) is 0 Å². The minimum atomic E-state index is 0.318. The third-order valence-corrected chi connectivity index (χ3v) is 5.71. The molecule has 112 valence electrons. The van der Waals surface area contributed by atoms with E-state index in [2.05, 4.69) is 55.1 Å². The fraction of sp³-hybridized carbons (Fsp3) is 0.364. The van der Waals surface area contributed by atoms with Crippen molar-refractivity contribution >= 4 is 16.8 Å². The van der Waals surface area contributed by atoms with E-state index in [-0.39, 0.29) is 0 Å². The molecule has 0 amide bonds. The van der Waals surface area contributed by atoms with Crippen molar-refractivity contribution in [1.29, 1.82) is 0 Å². The molecule has 0 radical (unpaired) electrons. The molecule has 1 fully saturated rings. The van der Waals surface area contributed by atoms with Gasteiger partial charge in [0.25, 0.3) is 0 Å². The second-order valence-electron chi connectivity index (χ2n) is 6.98. The van der Waals surface area contributed by atoms with Gasteiger partial charge in [-0.3, -0.25) is 0 Å². The SMILES string of the molecule is C=CCC1(c2ccc3cccc4c3c2C=CC4)CCCCC1. The van der Waals surface area contributed by atoms with Crippen molar-refractivity contribution in [2.75, 3.05) is 0 Å². The number of benzene rings is 2. The molecule has 0 aliphatic heterocycles. The minimum Gasteiger partial charge on any atom is -0.103 e. The van der Waals surface area contributed by atoms with Crippen LogP contribution in [0.1, 0.15) is 55.2 Å². The molecule has 2 aliphatic carbocycles. The summed E-state index contributed by atoms with van der Waals surface area (Å²) in [6, 6.07) is 11.5. The van der Waals surface area contributed by atoms with Crippen molar-refractivity contribution in [3.63, 3.8) is 0 Å². The lowest BCUT2D eigenvalue weighted by Gasteiger charge is -2.39. The summed E-state index contributed by atoms with van der Waals surface area (Å²) < 4.78 is 0. The van der Waals surface area contributed by atoms with Gasteiger partial charge < -0.3 is 0 Å². The highest BCUT2D eigenvalue weighted by Gasteiger charge is 2.34. The molecular weight excluding hydrogens is 264 g/mol. The molecule has 0 N–H and O–H groups in total. The van der Waals surface area contributed by atoms with Crippen LogP contribution in [-0.2, 0) is 11.8 Å². The van der Waals surface area contributed by atoms with E-state index in [0.717, 1.165) is 12.8 Å². The van der Waals surface area contributed by atoms with E-state index in [9.17, 15) is 0 Å². The number of hydrogen-bond acceptors (Lipinski definition) is 0. The van der Waals surface area contributed by atoms with Crippen LogP contribution in [0.5, 0.6) is 0 Å². The monoisotopic (exact) mass is 288 g/mol. The van der Waals surface area contributed by atoms with Gasteiger partial charge in [-0.1, -0.05) is 67.8 Å². The van der Waals surface area contributed by atoms with Gasteiger partial charge in [0.1, 0.15) is 0 Å². The van der Waals surface area contributed by atoms with Crippen LogP contribution in [0.15, 0.2) is 49.1 Å². The second-order valence-corrected chi connectivity index (χ2v) is 6.98. The molecule has 2 aliphatic rings.